The van der Waals surface area contributed by atoms with E-state index in [1.54, 1.807) is 0 Å². The Labute approximate surface area is 46.3 Å². The summed E-state index contributed by atoms with van der Waals surface area (Å²) >= 11 is 0. The molecule has 0 bridgehead atoms. The number of hydrogen-bond donors (Lipinski definition) is 2. The van der Waals surface area contributed by atoms with Gasteiger partial charge in [-0.25, -0.2) is 4.99 Å². The number of primary amides is 1. The smallest absolute Gasteiger partial charge is 0.246 e. The fraction of sp³-hybridized carbons (Fsp3) is 0. The van der Waals surface area contributed by atoms with Crippen LogP contribution in [-0.2, 0) is 4.79 Å². The molecule has 8 heavy (non-hydrogen) atoms. The van der Waals surface area contributed by atoms with Gasteiger partial charge in [0, 0.05) is 0 Å². The quantitative estimate of drug-likeness (QED) is 0.290. The summed E-state index contributed by atoms with van der Waals surface area (Å²) in [6.45, 7) is 2.94. The minimum absolute atomic E-state index is 0.461. The van der Waals surface area contributed by atoms with Crippen LogP contribution in [0.25, 0.3) is 0 Å². The lowest BCUT2D eigenvalue weighted by molar-refractivity contribution is -0.113. The van der Waals surface area contributed by atoms with Crippen LogP contribution in [0, 0.1) is 0 Å². The highest BCUT2D eigenvalue weighted by Crippen LogP contribution is 1.83. The predicted molar refractivity (Wildman–Crippen MR) is 29.5 cm³/mol. The van der Waals surface area contributed by atoms with Crippen LogP contribution in [-0.4, -0.2) is 17.7 Å². The van der Waals surface area contributed by atoms with Gasteiger partial charge in [-0.05, 0) is 6.72 Å². The molecular weight excluding hydrogens is 108 g/mol. The van der Waals surface area contributed by atoms with Crippen molar-refractivity contribution in [2.45, 2.75) is 0 Å². The maximum absolute atomic E-state index is 9.87. The Morgan fingerprint density at radius 2 is 2.38 bits per heavy atom. The van der Waals surface area contributed by atoms with Crippen LogP contribution in [0.15, 0.2) is 17.0 Å². The van der Waals surface area contributed by atoms with Gasteiger partial charge in [0.25, 0.3) is 0 Å². The van der Waals surface area contributed by atoms with Crippen LogP contribution in [0.2, 0.25) is 0 Å². The van der Waals surface area contributed by atoms with E-state index in [-0.39, 0.29) is 0 Å². The molecule has 0 spiro atoms. The highest BCUT2D eigenvalue weighted by molar-refractivity contribution is 5.86. The zero-order valence-electron chi connectivity index (χ0n) is 4.16. The van der Waals surface area contributed by atoms with Crippen molar-refractivity contribution in [3.8, 4) is 0 Å². The van der Waals surface area contributed by atoms with Crippen molar-refractivity contribution in [2.24, 2.45) is 10.7 Å². The molecule has 0 aliphatic rings. The zero-order chi connectivity index (χ0) is 6.57. The Bertz CT molecular complexity index is 139. The van der Waals surface area contributed by atoms with Crippen molar-refractivity contribution < 1.29 is 9.90 Å². The largest absolute Gasteiger partial charge is 0.493 e. The molecule has 0 saturated carbocycles. The molecule has 0 radical (unpaired) electrons. The van der Waals surface area contributed by atoms with Crippen LogP contribution in [0.3, 0.4) is 0 Å². The number of carbonyl (C=O) groups is 1. The lowest BCUT2D eigenvalue weighted by Crippen LogP contribution is -2.06. The molecule has 0 aromatic carbocycles. The summed E-state index contributed by atoms with van der Waals surface area (Å²) < 4.78 is 0. The van der Waals surface area contributed by atoms with Crippen LogP contribution in [0.4, 0.5) is 0 Å². The molecule has 1 amide bonds. The summed E-state index contributed by atoms with van der Waals surface area (Å²) in [5.41, 5.74) is 4.61. The molecule has 0 saturated heterocycles. The van der Waals surface area contributed by atoms with E-state index >= 15 is 0 Å². The predicted octanol–water partition coefficient (Wildman–Crippen LogP) is -0.428. The van der Waals surface area contributed by atoms with Gasteiger partial charge in [-0.1, -0.05) is 0 Å². The Hall–Kier alpha value is -1.32. The molecule has 0 unspecified atom stereocenters. The SMILES string of the molecule is C=NC(O)=CC(N)=O. The number of amides is 1. The molecule has 0 aliphatic heterocycles. The third-order valence-corrected chi connectivity index (χ3v) is 0.433. The van der Waals surface area contributed by atoms with Crippen molar-refractivity contribution in [1.29, 1.82) is 0 Å². The average molecular weight is 114 g/mol. The second-order valence-electron chi connectivity index (χ2n) is 1.06. The van der Waals surface area contributed by atoms with Gasteiger partial charge in [-0.3, -0.25) is 4.79 Å². The molecule has 0 aromatic heterocycles. The number of aliphatic imine (C=N–C) groups is 1. The Morgan fingerprint density at radius 3 is 2.50 bits per heavy atom. The van der Waals surface area contributed by atoms with Crippen molar-refractivity contribution in [1.82, 2.24) is 0 Å². The van der Waals surface area contributed by atoms with Crippen molar-refractivity contribution in [3.63, 3.8) is 0 Å². The fourth-order valence-electron chi connectivity index (χ4n) is 0.173. The third-order valence-electron chi connectivity index (χ3n) is 0.433. The summed E-state index contributed by atoms with van der Waals surface area (Å²) in [4.78, 5) is 12.9. The topological polar surface area (TPSA) is 75.7 Å². The Balaban J connectivity index is 3.94. The number of hydrogen-bond acceptors (Lipinski definition) is 3. The van der Waals surface area contributed by atoms with Gasteiger partial charge in [0.2, 0.25) is 11.8 Å². The van der Waals surface area contributed by atoms with Gasteiger partial charge in [0.1, 0.15) is 0 Å². The van der Waals surface area contributed by atoms with Crippen LogP contribution < -0.4 is 5.73 Å². The second kappa shape index (κ2) is 2.79. The van der Waals surface area contributed by atoms with E-state index < -0.39 is 11.8 Å². The monoisotopic (exact) mass is 114 g/mol. The molecule has 0 rings (SSSR count). The first-order valence-corrected chi connectivity index (χ1v) is 1.83. The summed E-state index contributed by atoms with van der Waals surface area (Å²) in [6, 6.07) is 0. The van der Waals surface area contributed by atoms with Crippen LogP contribution >= 0.6 is 0 Å². The summed E-state index contributed by atoms with van der Waals surface area (Å²) in [6.07, 6.45) is 0.771. The first-order valence-electron chi connectivity index (χ1n) is 1.83. The summed E-state index contributed by atoms with van der Waals surface area (Å²) in [5.74, 6) is -1.20. The number of aliphatic hydroxyl groups is 1. The highest BCUT2D eigenvalue weighted by atomic mass is 16.3. The van der Waals surface area contributed by atoms with Crippen molar-refractivity contribution >= 4 is 12.6 Å². The van der Waals surface area contributed by atoms with E-state index in [9.17, 15) is 4.79 Å². The molecule has 0 fully saturated rings. The summed E-state index contributed by atoms with van der Waals surface area (Å²) in [5, 5.41) is 8.36. The third kappa shape index (κ3) is 2.89. The maximum Gasteiger partial charge on any atom is 0.246 e. The van der Waals surface area contributed by atoms with E-state index in [4.69, 9.17) is 5.11 Å². The molecule has 44 valence electrons. The maximum atomic E-state index is 9.87. The van der Waals surface area contributed by atoms with E-state index in [1.807, 2.05) is 0 Å². The van der Waals surface area contributed by atoms with Crippen molar-refractivity contribution in [3.05, 3.63) is 12.0 Å². The highest BCUT2D eigenvalue weighted by Gasteiger charge is 1.87. The van der Waals surface area contributed by atoms with E-state index in [1.165, 1.54) is 0 Å². The van der Waals surface area contributed by atoms with Gasteiger partial charge in [0.05, 0.1) is 6.08 Å². The molecule has 0 aromatic rings. The standard InChI is InChI=1S/C4H6N2O2/c1-6-4(8)2-3(5)7/h2,8H,1H2,(H2,5,7). The lowest BCUT2D eigenvalue weighted by atomic mass is 10.6. The molecule has 0 atom stereocenters. The normalized spacial score (nSPS) is 10.8. The number of aliphatic hydroxyl groups excluding tert-OH is 1. The second-order valence-corrected chi connectivity index (χ2v) is 1.06. The first kappa shape index (κ1) is 6.68. The van der Waals surface area contributed by atoms with Gasteiger partial charge >= 0.3 is 0 Å². The summed E-state index contributed by atoms with van der Waals surface area (Å²) in [7, 11) is 0. The molecule has 4 heteroatoms. The zero-order valence-corrected chi connectivity index (χ0v) is 4.16. The lowest BCUT2D eigenvalue weighted by Gasteiger charge is -1.82. The average Bonchev–Trinajstić information content (AvgIpc) is 1.65. The van der Waals surface area contributed by atoms with Crippen molar-refractivity contribution in [2.75, 3.05) is 0 Å². The van der Waals surface area contributed by atoms with Gasteiger partial charge in [-0.2, -0.15) is 0 Å². The molecule has 3 N–H and O–H groups in total. The first-order chi connectivity index (χ1) is 3.66. The van der Waals surface area contributed by atoms with Crippen LogP contribution in [0.5, 0.6) is 0 Å². The molecule has 0 heterocycles. The van der Waals surface area contributed by atoms with Gasteiger partial charge in [0.15, 0.2) is 0 Å². The minimum Gasteiger partial charge on any atom is -0.493 e. The van der Waals surface area contributed by atoms with E-state index in [2.05, 4.69) is 17.4 Å². The number of rotatable bonds is 2. The number of nitrogens with two attached hydrogens (primary N) is 1. The minimum atomic E-state index is -0.741. The number of nitrogens with zero attached hydrogens (tertiary/aromatic N) is 1. The molecular formula is C4H6N2O2. The number of carbonyl (C=O) groups excluding carboxylic acids is 1. The van der Waals surface area contributed by atoms with Gasteiger partial charge < -0.3 is 10.8 Å². The van der Waals surface area contributed by atoms with Crippen LogP contribution in [0.1, 0.15) is 0 Å². The van der Waals surface area contributed by atoms with Gasteiger partial charge in [-0.15, -0.1) is 0 Å². The Kier molecular flexibility index (Phi) is 2.33. The fourth-order valence-corrected chi connectivity index (χ4v) is 0.173. The molecule has 4 nitrogen and oxygen atoms in total. The van der Waals surface area contributed by atoms with E-state index in [0.29, 0.717) is 0 Å². The molecule has 0 aliphatic carbocycles. The van der Waals surface area contributed by atoms with E-state index in [0.717, 1.165) is 6.08 Å². The Morgan fingerprint density at radius 1 is 1.88 bits per heavy atom.